The van der Waals surface area contributed by atoms with E-state index in [9.17, 15) is 9.59 Å². The molecular formula is C68H66N4O4. The van der Waals surface area contributed by atoms with Crippen LogP contribution in [0.4, 0.5) is 0 Å². The summed E-state index contributed by atoms with van der Waals surface area (Å²) in [6, 6.07) is 36.5. The molecule has 8 heteroatoms. The molecule has 0 unspecified atom stereocenters. The predicted octanol–water partition coefficient (Wildman–Crippen LogP) is 15.6. The van der Waals surface area contributed by atoms with E-state index < -0.39 is 11.9 Å². The third-order valence-electron chi connectivity index (χ3n) is 13.9. The van der Waals surface area contributed by atoms with Crippen molar-refractivity contribution < 1.29 is 19.1 Å². The lowest BCUT2D eigenvalue weighted by Gasteiger charge is -2.26. The summed E-state index contributed by atoms with van der Waals surface area (Å²) in [4.78, 5) is 43.5. The van der Waals surface area contributed by atoms with E-state index in [4.69, 9.17) is 19.4 Å². The Morgan fingerprint density at radius 3 is 1.04 bits per heavy atom. The number of carbonyl (C=O) groups excluding carboxylic acids is 2. The van der Waals surface area contributed by atoms with Gasteiger partial charge in [0.25, 0.3) is 0 Å². The van der Waals surface area contributed by atoms with Crippen molar-refractivity contribution in [1.82, 2.24) is 19.9 Å². The van der Waals surface area contributed by atoms with Crippen molar-refractivity contribution in [3.63, 3.8) is 0 Å². The van der Waals surface area contributed by atoms with Crippen LogP contribution in [0.2, 0.25) is 0 Å². The summed E-state index contributed by atoms with van der Waals surface area (Å²) < 4.78 is 9.95. The molecule has 0 spiro atoms. The molecule has 2 aliphatic heterocycles. The van der Waals surface area contributed by atoms with E-state index in [1.54, 1.807) is 24.3 Å². The summed E-state index contributed by atoms with van der Waals surface area (Å²) in [5, 5.41) is 0. The van der Waals surface area contributed by atoms with Crippen molar-refractivity contribution in [2.75, 3.05) is 14.2 Å². The first kappa shape index (κ1) is 52.4. The fourth-order valence-electron chi connectivity index (χ4n) is 9.24. The summed E-state index contributed by atoms with van der Waals surface area (Å²) in [5.41, 5.74) is 18.1. The smallest absolute Gasteiger partial charge is 0.337 e. The monoisotopic (exact) mass is 1000 g/mol. The number of rotatable bonds is 4. The average molecular weight is 1000 g/mol. The maximum absolute atomic E-state index is 12.4. The minimum Gasteiger partial charge on any atom is -0.465 e. The average Bonchev–Trinajstić information content (AvgIpc) is 4.24. The zero-order valence-electron chi connectivity index (χ0n) is 46.2. The lowest BCUT2D eigenvalue weighted by molar-refractivity contribution is 0.0592. The van der Waals surface area contributed by atoms with E-state index in [1.807, 2.05) is 36.4 Å². The number of fused-ring (bicyclic) bond motifs is 8. The summed E-state index contributed by atoms with van der Waals surface area (Å²) in [7, 11) is 2.75. The highest BCUT2D eigenvalue weighted by molar-refractivity contribution is 5.96. The van der Waals surface area contributed by atoms with Gasteiger partial charge in [-0.1, -0.05) is 143 Å². The van der Waals surface area contributed by atoms with Gasteiger partial charge in [-0.3, -0.25) is 0 Å². The third-order valence-corrected chi connectivity index (χ3v) is 13.9. The number of hydrogen-bond donors (Lipinski definition) is 2. The van der Waals surface area contributed by atoms with Gasteiger partial charge in [0.05, 0.1) is 70.3 Å². The van der Waals surface area contributed by atoms with Crippen LogP contribution in [-0.4, -0.2) is 46.1 Å². The van der Waals surface area contributed by atoms with Gasteiger partial charge in [0.1, 0.15) is 0 Å². The second-order valence-electron chi connectivity index (χ2n) is 23.7. The van der Waals surface area contributed by atoms with E-state index in [0.717, 1.165) is 72.4 Å². The van der Waals surface area contributed by atoms with E-state index in [-0.39, 0.29) is 21.7 Å². The number of aromatic amines is 2. The molecule has 0 atom stereocenters. The number of carbonyl (C=O) groups is 2. The summed E-state index contributed by atoms with van der Waals surface area (Å²) in [6.07, 6.45) is 8.21. The van der Waals surface area contributed by atoms with Crippen LogP contribution in [0.3, 0.4) is 0 Å². The Morgan fingerprint density at radius 1 is 0.395 bits per heavy atom. The van der Waals surface area contributed by atoms with Crippen molar-refractivity contribution in [3.8, 4) is 45.9 Å². The zero-order chi connectivity index (χ0) is 54.5. The number of ether oxygens (including phenoxy) is 2. The summed E-state index contributed by atoms with van der Waals surface area (Å²) in [5.74, 6) is 13.1. The van der Waals surface area contributed by atoms with Crippen LogP contribution in [0.1, 0.15) is 171 Å². The van der Waals surface area contributed by atoms with E-state index in [2.05, 4.69) is 190 Å². The summed E-state index contributed by atoms with van der Waals surface area (Å²) in [6.45, 7) is 27.0. The molecule has 0 amide bonds. The molecule has 2 aliphatic rings. The maximum atomic E-state index is 12.4. The number of hydrogen-bond acceptors (Lipinski definition) is 6. The molecule has 0 saturated carbocycles. The van der Waals surface area contributed by atoms with Crippen LogP contribution >= 0.6 is 0 Å². The number of aromatic nitrogens is 4. The quantitative estimate of drug-likeness (QED) is 0.134. The van der Waals surface area contributed by atoms with Crippen LogP contribution < -0.4 is 0 Å². The molecule has 8 bridgehead atoms. The van der Waals surface area contributed by atoms with Gasteiger partial charge in [0.15, 0.2) is 0 Å². The number of nitrogens with one attached hydrogen (secondary N) is 2. The van der Waals surface area contributed by atoms with Gasteiger partial charge in [-0.05, 0) is 152 Å². The minimum absolute atomic E-state index is 0.150. The first-order valence-electron chi connectivity index (χ1n) is 25.8. The molecule has 0 aliphatic carbocycles. The largest absolute Gasteiger partial charge is 0.465 e. The van der Waals surface area contributed by atoms with Crippen LogP contribution in [0.15, 0.2) is 109 Å². The molecule has 0 saturated heterocycles. The second kappa shape index (κ2) is 20.0. The van der Waals surface area contributed by atoms with E-state index in [1.165, 1.54) is 36.5 Å². The highest BCUT2D eigenvalue weighted by Gasteiger charge is 2.26. The lowest BCUT2D eigenvalue weighted by atomic mass is 9.78. The Hall–Kier alpha value is -8.46. The highest BCUT2D eigenvalue weighted by Crippen LogP contribution is 2.40. The standard InChI is InChI=1S/C68H66N4O4/c1-65(2,3)47-35-45(36-48(39-47)66(4,5)6)61-57-31-27-53(69-57)51(25-19-41-15-21-43(22-16-41)63(73)75-13)55-29-33-59(71-55)62(46-37-49(67(7,8)9)40-50(38-46)68(10,11)12)60-34-30-56(72-60)52(54-28-32-58(61)70-54)26-20-42-17-23-44(24-18-42)64(74)76-14/h15-18,21-24,27-40,69,71H,1-14H3. The zero-order valence-corrected chi connectivity index (χ0v) is 46.2. The second-order valence-corrected chi connectivity index (χ2v) is 23.7. The third kappa shape index (κ3) is 11.0. The van der Waals surface area contributed by atoms with Crippen LogP contribution in [-0.2, 0) is 31.1 Å². The Balaban J connectivity index is 1.44. The van der Waals surface area contributed by atoms with E-state index in [0.29, 0.717) is 28.1 Å². The molecule has 0 fully saturated rings. The summed E-state index contributed by atoms with van der Waals surface area (Å²) >= 11 is 0. The van der Waals surface area contributed by atoms with Gasteiger partial charge >= 0.3 is 11.9 Å². The van der Waals surface area contributed by atoms with Gasteiger partial charge in [-0.2, -0.15) is 0 Å². The van der Waals surface area contributed by atoms with Crippen molar-refractivity contribution >= 4 is 58.3 Å². The number of nitrogens with zero attached hydrogens (tertiary/aromatic N) is 2. The molecule has 76 heavy (non-hydrogen) atoms. The van der Waals surface area contributed by atoms with Crippen LogP contribution in [0.25, 0.3) is 68.6 Å². The molecule has 8 nitrogen and oxygen atoms in total. The molecule has 5 heterocycles. The highest BCUT2D eigenvalue weighted by atomic mass is 16.5. The Labute approximate surface area is 447 Å². The first-order chi connectivity index (χ1) is 35.9. The minimum atomic E-state index is -0.410. The molecule has 3 aromatic heterocycles. The van der Waals surface area contributed by atoms with Crippen molar-refractivity contribution in [2.45, 2.75) is 105 Å². The van der Waals surface area contributed by atoms with Crippen molar-refractivity contribution in [1.29, 1.82) is 0 Å². The maximum Gasteiger partial charge on any atom is 0.337 e. The number of H-pyrrole nitrogens is 2. The number of esters is 2. The Bertz CT molecular complexity index is 3610. The van der Waals surface area contributed by atoms with E-state index >= 15 is 0 Å². The molecule has 0 radical (unpaired) electrons. The van der Waals surface area contributed by atoms with Crippen molar-refractivity contribution in [2.24, 2.45) is 0 Å². The molecule has 382 valence electrons. The molecule has 4 aromatic carbocycles. The van der Waals surface area contributed by atoms with Gasteiger partial charge in [-0.15, -0.1) is 0 Å². The molecule has 7 aromatic rings. The molecule has 2 N–H and O–H groups in total. The van der Waals surface area contributed by atoms with Crippen LogP contribution in [0, 0.1) is 23.7 Å². The predicted molar refractivity (Wildman–Crippen MR) is 312 cm³/mol. The Kier molecular flexibility index (Phi) is 13.8. The van der Waals surface area contributed by atoms with Gasteiger partial charge in [0.2, 0.25) is 0 Å². The fourth-order valence-corrected chi connectivity index (χ4v) is 9.24. The van der Waals surface area contributed by atoms with Crippen molar-refractivity contribution in [3.05, 3.63) is 188 Å². The number of methoxy groups -OCH3 is 2. The van der Waals surface area contributed by atoms with Gasteiger partial charge < -0.3 is 19.4 Å². The molecular weight excluding hydrogens is 937 g/mol. The topological polar surface area (TPSA) is 110 Å². The Morgan fingerprint density at radius 2 is 0.711 bits per heavy atom. The normalized spacial score (nSPS) is 12.4. The fraction of sp³-hybridized carbons (Fsp3) is 0.265. The first-order valence-corrected chi connectivity index (χ1v) is 25.8. The molecule has 9 rings (SSSR count). The van der Waals surface area contributed by atoms with Crippen LogP contribution in [0.5, 0.6) is 0 Å². The lowest BCUT2D eigenvalue weighted by Crippen LogP contribution is -2.16. The SMILES string of the molecule is COC(=O)c1ccc(C#Cc2c3nc(c(-c4cc(C(C)(C)C)cc(C(C)(C)C)c4)c4ccc([nH]4)c(C#Cc4ccc(C(=O)OC)cc4)c4ccc([nH]4)c(-c4cc(C(C)(C)C)cc(C(C)(C)C)c4)c4nc2C=C4)C=C3)cc1. The van der Waals surface area contributed by atoms with Gasteiger partial charge in [0, 0.05) is 33.3 Å². The van der Waals surface area contributed by atoms with Gasteiger partial charge in [-0.25, -0.2) is 19.6 Å². The number of benzene rings is 4.